The lowest BCUT2D eigenvalue weighted by molar-refractivity contribution is 0.337. The van der Waals surface area contributed by atoms with E-state index in [1.807, 2.05) is 25.1 Å². The Morgan fingerprint density at radius 1 is 1.50 bits per heavy atom. The minimum atomic E-state index is -0.260. The summed E-state index contributed by atoms with van der Waals surface area (Å²) in [5.41, 5.74) is 3.59. The van der Waals surface area contributed by atoms with Crippen LogP contribution in [0.4, 0.5) is 0 Å². The van der Waals surface area contributed by atoms with Gasteiger partial charge in [0.05, 0.1) is 12.8 Å². The van der Waals surface area contributed by atoms with Crippen LogP contribution >= 0.6 is 15.9 Å². The molecule has 2 aromatic rings. The third kappa shape index (κ3) is 2.90. The van der Waals surface area contributed by atoms with Gasteiger partial charge < -0.3 is 9.15 Å². The molecular formula is C12H14BrN3O2. The van der Waals surface area contributed by atoms with E-state index in [0.717, 1.165) is 5.56 Å². The van der Waals surface area contributed by atoms with Crippen molar-refractivity contribution in [2.45, 2.75) is 13.0 Å². The van der Waals surface area contributed by atoms with E-state index >= 15 is 0 Å². The summed E-state index contributed by atoms with van der Waals surface area (Å²) < 4.78 is 11.6. The fourth-order valence-corrected chi connectivity index (χ4v) is 1.98. The first-order valence-electron chi connectivity index (χ1n) is 5.53. The molecule has 3 N–H and O–H groups in total. The van der Waals surface area contributed by atoms with Gasteiger partial charge in [-0.3, -0.25) is 10.8 Å². The zero-order valence-electron chi connectivity index (χ0n) is 9.89. The normalized spacial score (nSPS) is 12.4. The molecule has 1 unspecified atom stereocenters. The highest BCUT2D eigenvalue weighted by Gasteiger charge is 2.17. The van der Waals surface area contributed by atoms with E-state index in [-0.39, 0.29) is 6.04 Å². The van der Waals surface area contributed by atoms with Crippen LogP contribution in [0.15, 0.2) is 39.7 Å². The average Bonchev–Trinajstić information content (AvgIpc) is 2.78. The van der Waals surface area contributed by atoms with Crippen molar-refractivity contribution in [1.82, 2.24) is 10.4 Å². The smallest absolute Gasteiger partial charge is 0.169 e. The molecule has 6 heteroatoms. The van der Waals surface area contributed by atoms with Gasteiger partial charge in [0.1, 0.15) is 17.6 Å². The van der Waals surface area contributed by atoms with Gasteiger partial charge in [-0.15, -0.1) is 0 Å². The van der Waals surface area contributed by atoms with Crippen LogP contribution in [0.5, 0.6) is 5.75 Å². The van der Waals surface area contributed by atoms with Crippen LogP contribution in [0.1, 0.15) is 24.3 Å². The second-order valence-corrected chi connectivity index (χ2v) is 4.41. The van der Waals surface area contributed by atoms with Gasteiger partial charge >= 0.3 is 0 Å². The maximum atomic E-state index is 5.58. The fraction of sp³-hybridized carbons (Fsp3) is 0.250. The number of hydrazine groups is 1. The summed E-state index contributed by atoms with van der Waals surface area (Å²) in [6, 6.07) is 5.29. The standard InChI is InChI=1S/C12H14BrN3O2/c1-2-17-9-5-8(6-15-7-9)12(16-14)10-3-4-11(13)18-10/h3-7,12,16H,2,14H2,1H3. The Bertz CT molecular complexity index is 516. The van der Waals surface area contributed by atoms with Crippen molar-refractivity contribution in [3.8, 4) is 5.75 Å². The molecule has 2 aromatic heterocycles. The Labute approximate surface area is 113 Å². The van der Waals surface area contributed by atoms with Gasteiger partial charge in [-0.05, 0) is 46.6 Å². The summed E-state index contributed by atoms with van der Waals surface area (Å²) in [5, 5.41) is 0. The Hall–Kier alpha value is -1.37. The van der Waals surface area contributed by atoms with Gasteiger partial charge in [-0.1, -0.05) is 0 Å². The van der Waals surface area contributed by atoms with Crippen molar-refractivity contribution in [1.29, 1.82) is 0 Å². The molecule has 18 heavy (non-hydrogen) atoms. The van der Waals surface area contributed by atoms with E-state index in [1.165, 1.54) is 0 Å². The van der Waals surface area contributed by atoms with Crippen LogP contribution in [0.2, 0.25) is 0 Å². The number of rotatable bonds is 5. The van der Waals surface area contributed by atoms with Crippen LogP contribution in [0.3, 0.4) is 0 Å². The quantitative estimate of drug-likeness (QED) is 0.655. The Morgan fingerprint density at radius 3 is 2.94 bits per heavy atom. The number of pyridine rings is 1. The predicted molar refractivity (Wildman–Crippen MR) is 71.0 cm³/mol. The molecule has 2 heterocycles. The SMILES string of the molecule is CCOc1cncc(C(NN)c2ccc(Br)o2)c1. The average molecular weight is 312 g/mol. The maximum Gasteiger partial charge on any atom is 0.169 e. The Morgan fingerprint density at radius 2 is 2.33 bits per heavy atom. The molecule has 0 saturated heterocycles. The zero-order valence-corrected chi connectivity index (χ0v) is 11.5. The number of hydrogen-bond acceptors (Lipinski definition) is 5. The van der Waals surface area contributed by atoms with E-state index in [0.29, 0.717) is 22.8 Å². The first-order valence-corrected chi connectivity index (χ1v) is 6.33. The number of furan rings is 1. The van der Waals surface area contributed by atoms with E-state index in [9.17, 15) is 0 Å². The number of nitrogens with two attached hydrogens (primary N) is 1. The number of nitrogens with zero attached hydrogens (tertiary/aromatic N) is 1. The topological polar surface area (TPSA) is 73.3 Å². The third-order valence-electron chi connectivity index (χ3n) is 2.42. The molecule has 2 rings (SSSR count). The van der Waals surface area contributed by atoms with Crippen molar-refractivity contribution < 1.29 is 9.15 Å². The summed E-state index contributed by atoms with van der Waals surface area (Å²) in [5.74, 6) is 6.99. The molecular weight excluding hydrogens is 298 g/mol. The number of hydrogen-bond donors (Lipinski definition) is 2. The summed E-state index contributed by atoms with van der Waals surface area (Å²) in [6.45, 7) is 2.52. The van der Waals surface area contributed by atoms with E-state index in [2.05, 4.69) is 26.3 Å². The molecule has 0 aromatic carbocycles. The molecule has 1 atom stereocenters. The molecule has 0 spiro atoms. The van der Waals surface area contributed by atoms with Gasteiger partial charge in [0, 0.05) is 6.20 Å². The van der Waals surface area contributed by atoms with Crippen LogP contribution in [-0.2, 0) is 0 Å². The molecule has 5 nitrogen and oxygen atoms in total. The van der Waals surface area contributed by atoms with Gasteiger partial charge in [-0.25, -0.2) is 5.43 Å². The van der Waals surface area contributed by atoms with Crippen LogP contribution in [-0.4, -0.2) is 11.6 Å². The summed E-state index contributed by atoms with van der Waals surface area (Å²) in [4.78, 5) is 4.13. The molecule has 0 amide bonds. The molecule has 0 aliphatic carbocycles. The molecule has 0 bridgehead atoms. The summed E-state index contributed by atoms with van der Waals surface area (Å²) in [7, 11) is 0. The van der Waals surface area contributed by atoms with Crippen molar-refractivity contribution in [3.63, 3.8) is 0 Å². The largest absolute Gasteiger partial charge is 0.492 e. The van der Waals surface area contributed by atoms with Gasteiger partial charge in [0.2, 0.25) is 0 Å². The minimum Gasteiger partial charge on any atom is -0.492 e. The number of aromatic nitrogens is 1. The lowest BCUT2D eigenvalue weighted by Crippen LogP contribution is -2.28. The molecule has 0 saturated carbocycles. The zero-order chi connectivity index (χ0) is 13.0. The first kappa shape index (κ1) is 13.1. The second kappa shape index (κ2) is 5.99. The summed E-state index contributed by atoms with van der Waals surface area (Å²) in [6.07, 6.45) is 3.39. The highest BCUT2D eigenvalue weighted by molar-refractivity contribution is 9.10. The van der Waals surface area contributed by atoms with E-state index < -0.39 is 0 Å². The van der Waals surface area contributed by atoms with Crippen molar-refractivity contribution >= 4 is 15.9 Å². The lowest BCUT2D eigenvalue weighted by Gasteiger charge is -2.14. The van der Waals surface area contributed by atoms with Crippen LogP contribution < -0.4 is 16.0 Å². The Balaban J connectivity index is 2.29. The van der Waals surface area contributed by atoms with Gasteiger partial charge in [0.25, 0.3) is 0 Å². The minimum absolute atomic E-state index is 0.260. The molecule has 0 fully saturated rings. The highest BCUT2D eigenvalue weighted by atomic mass is 79.9. The first-order chi connectivity index (χ1) is 8.74. The third-order valence-corrected chi connectivity index (χ3v) is 2.85. The molecule has 0 aliphatic rings. The van der Waals surface area contributed by atoms with Gasteiger partial charge in [0.15, 0.2) is 4.67 Å². The van der Waals surface area contributed by atoms with Crippen LogP contribution in [0, 0.1) is 0 Å². The van der Waals surface area contributed by atoms with Crippen molar-refractivity contribution in [2.24, 2.45) is 5.84 Å². The number of nitrogens with one attached hydrogen (secondary N) is 1. The van der Waals surface area contributed by atoms with Gasteiger partial charge in [-0.2, -0.15) is 0 Å². The number of halogens is 1. The summed E-state index contributed by atoms with van der Waals surface area (Å²) >= 11 is 3.27. The maximum absolute atomic E-state index is 5.58. The Kier molecular flexibility index (Phi) is 4.35. The second-order valence-electron chi connectivity index (χ2n) is 3.63. The van der Waals surface area contributed by atoms with Crippen molar-refractivity contribution in [2.75, 3.05) is 6.61 Å². The predicted octanol–water partition coefficient (Wildman–Crippen LogP) is 2.39. The molecule has 96 valence electrons. The molecule has 0 radical (unpaired) electrons. The van der Waals surface area contributed by atoms with E-state index in [4.69, 9.17) is 15.0 Å². The molecule has 0 aliphatic heterocycles. The lowest BCUT2D eigenvalue weighted by atomic mass is 10.1. The number of ether oxygens (including phenoxy) is 1. The fourth-order valence-electron chi connectivity index (χ4n) is 1.67. The van der Waals surface area contributed by atoms with Crippen LogP contribution in [0.25, 0.3) is 0 Å². The van der Waals surface area contributed by atoms with Crippen molar-refractivity contribution in [3.05, 3.63) is 46.6 Å². The monoisotopic (exact) mass is 311 g/mol. The van der Waals surface area contributed by atoms with E-state index in [1.54, 1.807) is 12.4 Å². The highest BCUT2D eigenvalue weighted by Crippen LogP contribution is 2.26.